The van der Waals surface area contributed by atoms with Crippen molar-refractivity contribution in [2.24, 2.45) is 0 Å². The van der Waals surface area contributed by atoms with E-state index in [1.807, 2.05) is 4.68 Å². The molecule has 21 heavy (non-hydrogen) atoms. The van der Waals surface area contributed by atoms with Gasteiger partial charge in [0.2, 0.25) is 5.88 Å². The van der Waals surface area contributed by atoms with Gasteiger partial charge in [0, 0.05) is 11.0 Å². The number of methoxy groups -OCH3 is 1. The van der Waals surface area contributed by atoms with Crippen molar-refractivity contribution in [3.8, 4) is 5.88 Å². The monoisotopic (exact) mass is 294 g/mol. The molecule has 0 spiro atoms. The molecule has 1 aliphatic carbocycles. The molecule has 0 bridgehead atoms. The van der Waals surface area contributed by atoms with Crippen molar-refractivity contribution >= 4 is 5.97 Å². The fraction of sp³-hybridized carbons (Fsp3) is 0.750. The average Bonchev–Trinajstić information content (AvgIpc) is 2.77. The van der Waals surface area contributed by atoms with E-state index >= 15 is 0 Å². The number of hydrogen-bond donors (Lipinski definition) is 1. The molecule has 5 heteroatoms. The maximum Gasteiger partial charge on any atom is 0.308 e. The van der Waals surface area contributed by atoms with E-state index in [9.17, 15) is 9.90 Å². The minimum Gasteiger partial charge on any atom is -0.481 e. The normalized spacial score (nSPS) is 17.0. The van der Waals surface area contributed by atoms with Crippen molar-refractivity contribution in [1.29, 1.82) is 0 Å². The lowest BCUT2D eigenvalue weighted by Crippen LogP contribution is -2.18. The maximum absolute atomic E-state index is 11.2. The lowest BCUT2D eigenvalue weighted by molar-refractivity contribution is -0.136. The molecule has 0 aromatic carbocycles. The Balaban J connectivity index is 2.49. The first kappa shape index (κ1) is 15.9. The molecule has 1 aliphatic rings. The van der Waals surface area contributed by atoms with Crippen molar-refractivity contribution in [3.05, 3.63) is 11.3 Å². The van der Waals surface area contributed by atoms with Gasteiger partial charge in [-0.15, -0.1) is 0 Å². The third-order valence-corrected chi connectivity index (χ3v) is 4.11. The summed E-state index contributed by atoms with van der Waals surface area (Å²) in [7, 11) is 1.61. The van der Waals surface area contributed by atoms with Crippen molar-refractivity contribution in [3.63, 3.8) is 0 Å². The van der Waals surface area contributed by atoms with Crippen LogP contribution in [-0.4, -0.2) is 28.0 Å². The number of carboxylic acid groups (broad SMARTS) is 1. The quantitative estimate of drug-likeness (QED) is 0.925. The van der Waals surface area contributed by atoms with Crippen LogP contribution < -0.4 is 4.74 Å². The summed E-state index contributed by atoms with van der Waals surface area (Å²) in [5.41, 5.74) is 1.37. The lowest BCUT2D eigenvalue weighted by Gasteiger charge is -2.23. The van der Waals surface area contributed by atoms with Crippen LogP contribution in [0.4, 0.5) is 0 Å². The maximum atomic E-state index is 11.2. The second-order valence-corrected chi connectivity index (χ2v) is 6.89. The molecule has 0 aliphatic heterocycles. The van der Waals surface area contributed by atoms with Crippen LogP contribution in [0.25, 0.3) is 0 Å². The van der Waals surface area contributed by atoms with Crippen LogP contribution in [0.15, 0.2) is 0 Å². The average molecular weight is 294 g/mol. The van der Waals surface area contributed by atoms with Gasteiger partial charge in [0.05, 0.1) is 25.3 Å². The zero-order valence-electron chi connectivity index (χ0n) is 13.5. The Kier molecular flexibility index (Phi) is 4.59. The zero-order chi connectivity index (χ0) is 15.6. The summed E-state index contributed by atoms with van der Waals surface area (Å²) >= 11 is 0. The Labute approximate surface area is 126 Å². The molecule has 5 nitrogen and oxygen atoms in total. The molecule has 0 radical (unpaired) electrons. The van der Waals surface area contributed by atoms with E-state index in [-0.39, 0.29) is 11.8 Å². The number of ether oxygens (including phenoxy) is 1. The van der Waals surface area contributed by atoms with Gasteiger partial charge in [0.25, 0.3) is 0 Å². The largest absolute Gasteiger partial charge is 0.481 e. The molecule has 1 aromatic rings. The molecule has 2 rings (SSSR count). The van der Waals surface area contributed by atoms with Crippen LogP contribution in [0.5, 0.6) is 5.88 Å². The number of aliphatic carboxylic acids is 1. The summed E-state index contributed by atoms with van der Waals surface area (Å²) < 4.78 is 7.49. The molecule has 0 atom stereocenters. The Morgan fingerprint density at radius 1 is 1.33 bits per heavy atom. The topological polar surface area (TPSA) is 64.3 Å². The molecule has 1 saturated carbocycles. The van der Waals surface area contributed by atoms with Crippen molar-refractivity contribution in [1.82, 2.24) is 9.78 Å². The third-order valence-electron chi connectivity index (χ3n) is 4.11. The van der Waals surface area contributed by atoms with E-state index in [0.717, 1.165) is 24.1 Å². The number of carboxylic acids is 1. The van der Waals surface area contributed by atoms with Crippen LogP contribution in [0, 0.1) is 0 Å². The molecule has 0 saturated heterocycles. The Morgan fingerprint density at radius 3 is 2.43 bits per heavy atom. The highest BCUT2D eigenvalue weighted by Crippen LogP contribution is 2.37. The second-order valence-electron chi connectivity index (χ2n) is 6.89. The molecule has 0 unspecified atom stereocenters. The number of rotatable bonds is 4. The predicted molar refractivity (Wildman–Crippen MR) is 80.9 cm³/mol. The van der Waals surface area contributed by atoms with E-state index in [4.69, 9.17) is 9.84 Å². The highest BCUT2D eigenvalue weighted by molar-refractivity contribution is 5.71. The first-order chi connectivity index (χ1) is 9.84. The summed E-state index contributed by atoms with van der Waals surface area (Å²) in [6, 6.07) is 0.331. The van der Waals surface area contributed by atoms with Gasteiger partial charge >= 0.3 is 5.97 Å². The molecule has 1 aromatic heterocycles. The molecular weight excluding hydrogens is 268 g/mol. The van der Waals surface area contributed by atoms with E-state index in [1.165, 1.54) is 19.3 Å². The first-order valence-corrected chi connectivity index (χ1v) is 7.72. The second kappa shape index (κ2) is 6.08. The van der Waals surface area contributed by atoms with Gasteiger partial charge in [-0.05, 0) is 12.8 Å². The highest BCUT2D eigenvalue weighted by Gasteiger charge is 2.31. The standard InChI is InChI=1S/C16H26N2O3/c1-16(2,3)14-12(10-13(19)20)15(21-4)18(17-14)11-8-6-5-7-9-11/h11H,5-10H2,1-4H3,(H,19,20). The van der Waals surface area contributed by atoms with Gasteiger partial charge in [-0.25, -0.2) is 4.68 Å². The fourth-order valence-corrected chi connectivity index (χ4v) is 3.16. The summed E-state index contributed by atoms with van der Waals surface area (Å²) in [4.78, 5) is 11.2. The van der Waals surface area contributed by atoms with Gasteiger partial charge in [0.15, 0.2) is 0 Å². The van der Waals surface area contributed by atoms with E-state index in [0.29, 0.717) is 11.9 Å². The van der Waals surface area contributed by atoms with Crippen LogP contribution in [-0.2, 0) is 16.6 Å². The Morgan fingerprint density at radius 2 is 1.95 bits per heavy atom. The van der Waals surface area contributed by atoms with Crippen LogP contribution in [0.3, 0.4) is 0 Å². The van der Waals surface area contributed by atoms with Gasteiger partial charge in [0.1, 0.15) is 0 Å². The van der Waals surface area contributed by atoms with Crippen LogP contribution in [0.1, 0.15) is 70.2 Å². The van der Waals surface area contributed by atoms with Gasteiger partial charge in [-0.3, -0.25) is 4.79 Å². The minimum absolute atomic E-state index is 0.0392. The van der Waals surface area contributed by atoms with Gasteiger partial charge in [-0.1, -0.05) is 40.0 Å². The lowest BCUT2D eigenvalue weighted by atomic mass is 9.88. The summed E-state index contributed by atoms with van der Waals surface area (Å²) in [6.45, 7) is 6.18. The van der Waals surface area contributed by atoms with Crippen molar-refractivity contribution < 1.29 is 14.6 Å². The SMILES string of the molecule is COc1c(CC(=O)O)c(C(C)(C)C)nn1C1CCCCC1. The molecule has 118 valence electrons. The Hall–Kier alpha value is -1.52. The first-order valence-electron chi connectivity index (χ1n) is 7.72. The van der Waals surface area contributed by atoms with E-state index in [2.05, 4.69) is 20.8 Å². The predicted octanol–water partition coefficient (Wildman–Crippen LogP) is 3.32. The molecule has 1 N–H and O–H groups in total. The van der Waals surface area contributed by atoms with Gasteiger partial charge in [-0.2, -0.15) is 5.10 Å². The zero-order valence-corrected chi connectivity index (χ0v) is 13.5. The van der Waals surface area contributed by atoms with Gasteiger partial charge < -0.3 is 9.84 Å². The van der Waals surface area contributed by atoms with E-state index < -0.39 is 5.97 Å². The highest BCUT2D eigenvalue weighted by atomic mass is 16.5. The molecule has 1 heterocycles. The van der Waals surface area contributed by atoms with Crippen molar-refractivity contribution in [2.75, 3.05) is 7.11 Å². The smallest absolute Gasteiger partial charge is 0.308 e. The summed E-state index contributed by atoms with van der Waals surface area (Å²) in [6.07, 6.45) is 5.82. The third kappa shape index (κ3) is 3.39. The minimum atomic E-state index is -0.845. The summed E-state index contributed by atoms with van der Waals surface area (Å²) in [5, 5.41) is 14.0. The van der Waals surface area contributed by atoms with Crippen molar-refractivity contribution in [2.45, 2.75) is 70.8 Å². The van der Waals surface area contributed by atoms with Crippen LogP contribution >= 0.6 is 0 Å². The number of hydrogen-bond acceptors (Lipinski definition) is 3. The Bertz CT molecular complexity index is 508. The molecule has 0 amide bonds. The summed E-state index contributed by atoms with van der Waals surface area (Å²) in [5.74, 6) is -0.212. The number of carbonyl (C=O) groups is 1. The number of nitrogens with zero attached hydrogens (tertiary/aromatic N) is 2. The van der Waals surface area contributed by atoms with E-state index in [1.54, 1.807) is 7.11 Å². The number of aromatic nitrogens is 2. The van der Waals surface area contributed by atoms with Crippen LogP contribution in [0.2, 0.25) is 0 Å². The molecular formula is C16H26N2O3. The fourth-order valence-electron chi connectivity index (χ4n) is 3.16. The molecule has 1 fully saturated rings.